The average molecular weight is 498 g/mol. The van der Waals surface area contributed by atoms with Gasteiger partial charge in [-0.05, 0) is 42.8 Å². The summed E-state index contributed by atoms with van der Waals surface area (Å²) in [4.78, 5) is 24.4. The Hall–Kier alpha value is -3.28. The van der Waals surface area contributed by atoms with Crippen LogP contribution in [0.5, 0.6) is 5.75 Å². The van der Waals surface area contributed by atoms with Crippen LogP contribution in [0.15, 0.2) is 35.9 Å². The number of pyridine rings is 1. The van der Waals surface area contributed by atoms with Crippen molar-refractivity contribution in [3.05, 3.63) is 63.4 Å². The van der Waals surface area contributed by atoms with E-state index in [1.54, 1.807) is 6.07 Å². The van der Waals surface area contributed by atoms with Crippen LogP contribution in [0.4, 0.5) is 26.3 Å². The first-order valence-corrected chi connectivity index (χ1v) is 9.20. The number of aromatic nitrogens is 1. The van der Waals surface area contributed by atoms with E-state index in [0.29, 0.717) is 22.7 Å². The van der Waals surface area contributed by atoms with Crippen molar-refractivity contribution in [3.63, 3.8) is 0 Å². The predicted molar refractivity (Wildman–Crippen MR) is 103 cm³/mol. The minimum Gasteiger partial charge on any atom is -0.478 e. The van der Waals surface area contributed by atoms with Crippen LogP contribution < -0.4 is 4.74 Å². The van der Waals surface area contributed by atoms with Crippen LogP contribution in [0.2, 0.25) is 5.02 Å². The maximum Gasteiger partial charge on any atom is 0.490 e. The smallest absolute Gasteiger partial charge is 0.478 e. The fraction of sp³-hybridized carbons (Fsp3) is 0.250. The van der Waals surface area contributed by atoms with Gasteiger partial charge in [0.25, 0.3) is 0 Å². The van der Waals surface area contributed by atoms with E-state index in [-0.39, 0.29) is 11.3 Å². The van der Waals surface area contributed by atoms with E-state index in [4.69, 9.17) is 31.3 Å². The third kappa shape index (κ3) is 6.85. The van der Waals surface area contributed by atoms with Crippen molar-refractivity contribution in [2.24, 2.45) is 0 Å². The Kier molecular flexibility index (Phi) is 7.63. The summed E-state index contributed by atoms with van der Waals surface area (Å²) >= 11 is 6.22. The molecular weight excluding hydrogens is 484 g/mol. The molecule has 0 aliphatic carbocycles. The molecule has 3 rings (SSSR count). The van der Waals surface area contributed by atoms with Gasteiger partial charge in [0, 0.05) is 28.4 Å². The number of ether oxygens (including phenoxy) is 1. The second kappa shape index (κ2) is 9.69. The number of benzene rings is 1. The maximum absolute atomic E-state index is 13.2. The molecule has 13 heteroatoms. The Bertz CT molecular complexity index is 1100. The van der Waals surface area contributed by atoms with Crippen molar-refractivity contribution in [3.8, 4) is 5.75 Å². The van der Waals surface area contributed by atoms with Gasteiger partial charge < -0.3 is 14.9 Å². The normalized spacial score (nSPS) is 15.4. The number of carboxylic acid groups (broad SMARTS) is 2. The highest BCUT2D eigenvalue weighted by molar-refractivity contribution is 6.31. The topological polar surface area (TPSA) is 96.7 Å². The highest BCUT2D eigenvalue weighted by Gasteiger charge is 2.48. The summed E-state index contributed by atoms with van der Waals surface area (Å²) in [6, 6.07) is 8.23. The van der Waals surface area contributed by atoms with Gasteiger partial charge in [0.15, 0.2) is 0 Å². The number of carboxylic acids is 2. The fourth-order valence-corrected chi connectivity index (χ4v) is 2.94. The molecule has 1 atom stereocenters. The Morgan fingerprint density at radius 3 is 2.21 bits per heavy atom. The lowest BCUT2D eigenvalue weighted by atomic mass is 9.98. The summed E-state index contributed by atoms with van der Waals surface area (Å²) in [5, 5.41) is 16.5. The lowest BCUT2D eigenvalue weighted by molar-refractivity contribution is -0.192. The standard InChI is InChI=1S/C18H13ClF3NO3.C2HF3O2/c1-9-3-2-4-12(23-9)5-10-8-15-11(7-14(10)19)6-13(17(24)25)16(26-15)18(20,21)22;3-2(4,5)1(6)7/h2-4,6-8,16H,5H2,1H3,(H,24,25);(H,6,7). The van der Waals surface area contributed by atoms with E-state index in [1.807, 2.05) is 19.1 Å². The number of hydrogen-bond donors (Lipinski definition) is 2. The SMILES string of the molecule is Cc1cccc(Cc2cc3c(cc2Cl)C=C(C(=O)O)C(C(F)(F)F)O3)n1.O=C(O)C(F)(F)F. The lowest BCUT2D eigenvalue weighted by Crippen LogP contribution is -2.40. The zero-order valence-electron chi connectivity index (χ0n) is 16.5. The zero-order chi connectivity index (χ0) is 25.1. The molecule has 0 spiro atoms. The molecule has 2 N–H and O–H groups in total. The van der Waals surface area contributed by atoms with Crippen molar-refractivity contribution in [2.75, 3.05) is 0 Å². The maximum atomic E-state index is 13.2. The number of rotatable bonds is 3. The molecule has 33 heavy (non-hydrogen) atoms. The molecule has 0 fully saturated rings. The Balaban J connectivity index is 0.000000479. The van der Waals surface area contributed by atoms with Gasteiger partial charge in [0.2, 0.25) is 6.10 Å². The van der Waals surface area contributed by atoms with Crippen LogP contribution in [0.1, 0.15) is 22.5 Å². The van der Waals surface area contributed by atoms with Crippen LogP contribution in [0, 0.1) is 6.92 Å². The molecule has 2 heterocycles. The van der Waals surface area contributed by atoms with E-state index in [1.165, 1.54) is 12.1 Å². The van der Waals surface area contributed by atoms with Crippen molar-refractivity contribution in [2.45, 2.75) is 31.8 Å². The molecule has 1 aromatic heterocycles. The van der Waals surface area contributed by atoms with E-state index in [9.17, 15) is 31.1 Å². The molecule has 1 aliphatic heterocycles. The van der Waals surface area contributed by atoms with Gasteiger partial charge in [0.1, 0.15) is 5.75 Å². The van der Waals surface area contributed by atoms with Crippen LogP contribution in [0.25, 0.3) is 6.08 Å². The third-order valence-electron chi connectivity index (χ3n) is 4.12. The van der Waals surface area contributed by atoms with Crippen LogP contribution in [-0.2, 0) is 16.0 Å². The summed E-state index contributed by atoms with van der Waals surface area (Å²) in [5.74, 6) is -4.51. The number of nitrogens with zero attached hydrogens (tertiary/aromatic N) is 1. The monoisotopic (exact) mass is 497 g/mol. The van der Waals surface area contributed by atoms with Crippen LogP contribution >= 0.6 is 11.6 Å². The first-order valence-electron chi connectivity index (χ1n) is 8.83. The second-order valence-corrected chi connectivity index (χ2v) is 7.08. The number of alkyl halides is 6. The molecule has 6 nitrogen and oxygen atoms in total. The summed E-state index contributed by atoms with van der Waals surface area (Å²) in [6.07, 6.45) is -11.2. The molecule has 2 aromatic rings. The molecule has 0 radical (unpaired) electrons. The minimum atomic E-state index is -5.08. The molecule has 0 amide bonds. The lowest BCUT2D eigenvalue weighted by Gasteiger charge is -2.27. The number of aliphatic carboxylic acids is 2. The van der Waals surface area contributed by atoms with Gasteiger partial charge >= 0.3 is 24.3 Å². The molecule has 0 saturated heterocycles. The summed E-state index contributed by atoms with van der Waals surface area (Å²) in [7, 11) is 0. The molecule has 1 aromatic carbocycles. The Morgan fingerprint density at radius 1 is 1.12 bits per heavy atom. The second-order valence-electron chi connectivity index (χ2n) is 6.68. The fourth-order valence-electron chi connectivity index (χ4n) is 2.70. The highest BCUT2D eigenvalue weighted by atomic mass is 35.5. The summed E-state index contributed by atoms with van der Waals surface area (Å²) in [6.45, 7) is 1.83. The summed E-state index contributed by atoms with van der Waals surface area (Å²) < 4.78 is 76.2. The molecule has 178 valence electrons. The van der Waals surface area contributed by atoms with Crippen molar-refractivity contribution in [1.82, 2.24) is 4.98 Å². The predicted octanol–water partition coefficient (Wildman–Crippen LogP) is 5.06. The van der Waals surface area contributed by atoms with E-state index < -0.39 is 36.0 Å². The molecule has 1 aliphatic rings. The first kappa shape index (κ1) is 26.0. The van der Waals surface area contributed by atoms with Crippen molar-refractivity contribution < 1.29 is 50.9 Å². The van der Waals surface area contributed by atoms with Gasteiger partial charge in [-0.3, -0.25) is 4.98 Å². The van der Waals surface area contributed by atoms with Crippen molar-refractivity contribution in [1.29, 1.82) is 0 Å². The summed E-state index contributed by atoms with van der Waals surface area (Å²) in [5.41, 5.74) is 1.36. The Morgan fingerprint density at radius 2 is 1.73 bits per heavy atom. The zero-order valence-corrected chi connectivity index (χ0v) is 17.2. The molecular formula is C20H14ClF6NO5. The van der Waals surface area contributed by atoms with Crippen LogP contribution in [-0.4, -0.2) is 45.6 Å². The third-order valence-corrected chi connectivity index (χ3v) is 4.47. The van der Waals surface area contributed by atoms with E-state index in [0.717, 1.165) is 11.8 Å². The van der Waals surface area contributed by atoms with Gasteiger partial charge in [0.05, 0.1) is 5.57 Å². The number of halogens is 7. The molecule has 1 unspecified atom stereocenters. The number of carbonyl (C=O) groups is 2. The number of hydrogen-bond acceptors (Lipinski definition) is 4. The van der Waals surface area contributed by atoms with Crippen LogP contribution in [0.3, 0.4) is 0 Å². The highest BCUT2D eigenvalue weighted by Crippen LogP contribution is 2.39. The van der Waals surface area contributed by atoms with Crippen molar-refractivity contribution >= 4 is 29.6 Å². The first-order chi connectivity index (χ1) is 15.1. The van der Waals surface area contributed by atoms with Gasteiger partial charge in [-0.1, -0.05) is 17.7 Å². The van der Waals surface area contributed by atoms with E-state index in [2.05, 4.69) is 4.98 Å². The molecule has 0 saturated carbocycles. The number of aryl methyl sites for hydroxylation is 1. The van der Waals surface area contributed by atoms with Gasteiger partial charge in [-0.25, -0.2) is 9.59 Å². The minimum absolute atomic E-state index is 0.0654. The van der Waals surface area contributed by atoms with Gasteiger partial charge in [-0.15, -0.1) is 0 Å². The largest absolute Gasteiger partial charge is 0.490 e. The quantitative estimate of drug-likeness (QED) is 0.576. The average Bonchev–Trinajstić information content (AvgIpc) is 2.66. The Labute approximate surface area is 187 Å². The molecule has 0 bridgehead atoms. The van der Waals surface area contributed by atoms with E-state index >= 15 is 0 Å². The van der Waals surface area contributed by atoms with Gasteiger partial charge in [-0.2, -0.15) is 26.3 Å². The number of fused-ring (bicyclic) bond motifs is 1.